The molecule has 0 radical (unpaired) electrons. The average Bonchev–Trinajstić information content (AvgIpc) is 2.33. The molecule has 18 heavy (non-hydrogen) atoms. The van der Waals surface area contributed by atoms with Gasteiger partial charge in [0.15, 0.2) is 0 Å². The highest BCUT2D eigenvalue weighted by molar-refractivity contribution is 5.93. The second kappa shape index (κ2) is 4.15. The van der Waals surface area contributed by atoms with Crippen molar-refractivity contribution in [1.82, 2.24) is 9.97 Å². The van der Waals surface area contributed by atoms with E-state index >= 15 is 0 Å². The molecule has 0 unspecified atom stereocenters. The monoisotopic (exact) mass is 239 g/mol. The van der Waals surface area contributed by atoms with Crippen molar-refractivity contribution in [2.45, 2.75) is 25.3 Å². The first kappa shape index (κ1) is 10.8. The van der Waals surface area contributed by atoms with Crippen LogP contribution in [-0.4, -0.2) is 16.0 Å². The number of anilines is 2. The molecule has 0 amide bonds. The summed E-state index contributed by atoms with van der Waals surface area (Å²) in [5.41, 5.74) is 6.11. The normalized spacial score (nSPS) is 15.1. The van der Waals surface area contributed by atoms with E-state index in [2.05, 4.69) is 21.4 Å². The van der Waals surface area contributed by atoms with Gasteiger partial charge < -0.3 is 11.1 Å². The lowest BCUT2D eigenvalue weighted by atomic mass is 9.93. The van der Waals surface area contributed by atoms with E-state index in [-0.39, 0.29) is 0 Å². The zero-order chi connectivity index (χ0) is 12.5. The lowest BCUT2D eigenvalue weighted by Gasteiger charge is -2.27. The fourth-order valence-electron chi connectivity index (χ4n) is 2.08. The molecule has 5 heteroatoms. The van der Waals surface area contributed by atoms with Crippen LogP contribution < -0.4 is 11.1 Å². The Labute approximate surface area is 105 Å². The van der Waals surface area contributed by atoms with Crippen molar-refractivity contribution in [2.24, 2.45) is 0 Å². The van der Waals surface area contributed by atoms with Gasteiger partial charge in [-0.3, -0.25) is 0 Å². The van der Waals surface area contributed by atoms with Gasteiger partial charge in [0.05, 0.1) is 0 Å². The summed E-state index contributed by atoms with van der Waals surface area (Å²) in [7, 11) is 0. The van der Waals surface area contributed by atoms with Crippen molar-refractivity contribution in [3.05, 3.63) is 24.0 Å². The highest BCUT2D eigenvalue weighted by Gasteiger charge is 2.19. The lowest BCUT2D eigenvalue weighted by molar-refractivity contribution is 0.445. The summed E-state index contributed by atoms with van der Waals surface area (Å²) in [6.45, 7) is 0. The molecule has 2 heterocycles. The Morgan fingerprint density at radius 1 is 1.39 bits per heavy atom. The maximum absolute atomic E-state index is 9.00. The van der Waals surface area contributed by atoms with Crippen LogP contribution in [0.15, 0.2) is 18.3 Å². The molecule has 2 aromatic heterocycles. The molecule has 0 saturated heterocycles. The average molecular weight is 239 g/mol. The molecule has 1 aliphatic rings. The second-order valence-electron chi connectivity index (χ2n) is 4.57. The Kier molecular flexibility index (Phi) is 2.49. The summed E-state index contributed by atoms with van der Waals surface area (Å²) in [4.78, 5) is 8.38. The van der Waals surface area contributed by atoms with Crippen molar-refractivity contribution >= 4 is 22.4 Å². The van der Waals surface area contributed by atoms with Gasteiger partial charge in [0.1, 0.15) is 23.4 Å². The number of aromatic nitrogens is 2. The Hall–Kier alpha value is -2.35. The van der Waals surface area contributed by atoms with Crippen LogP contribution in [0.25, 0.3) is 10.8 Å². The minimum Gasteiger partial charge on any atom is -0.384 e. The van der Waals surface area contributed by atoms with E-state index in [0.29, 0.717) is 17.6 Å². The van der Waals surface area contributed by atoms with Crippen LogP contribution in [0.4, 0.5) is 11.6 Å². The van der Waals surface area contributed by atoms with E-state index < -0.39 is 0 Å². The summed E-state index contributed by atoms with van der Waals surface area (Å²) in [6, 6.07) is 6.06. The van der Waals surface area contributed by atoms with Gasteiger partial charge in [-0.05, 0) is 31.4 Å². The maximum atomic E-state index is 9.00. The standard InChI is InChI=1S/C13H13N5/c14-6-10-4-8-7-16-12(15)5-11(8)13(18-10)17-9-2-1-3-9/h4-5,7,9H,1-3H2,(H2,15,16)(H,17,18). The van der Waals surface area contributed by atoms with Gasteiger partial charge in [0.2, 0.25) is 0 Å². The molecule has 1 fully saturated rings. The van der Waals surface area contributed by atoms with E-state index in [0.717, 1.165) is 29.4 Å². The van der Waals surface area contributed by atoms with Crippen molar-refractivity contribution in [2.75, 3.05) is 11.1 Å². The molecule has 0 spiro atoms. The predicted octanol–water partition coefficient (Wildman–Crippen LogP) is 2.05. The lowest BCUT2D eigenvalue weighted by Crippen LogP contribution is -2.27. The van der Waals surface area contributed by atoms with Gasteiger partial charge in [-0.1, -0.05) is 0 Å². The SMILES string of the molecule is N#Cc1cc2cnc(N)cc2c(NC2CCC2)n1. The van der Waals surface area contributed by atoms with E-state index in [9.17, 15) is 0 Å². The Morgan fingerprint density at radius 2 is 2.22 bits per heavy atom. The predicted molar refractivity (Wildman–Crippen MR) is 69.9 cm³/mol. The van der Waals surface area contributed by atoms with E-state index in [1.165, 1.54) is 6.42 Å². The Balaban J connectivity index is 2.12. The van der Waals surface area contributed by atoms with Crippen LogP contribution in [0.3, 0.4) is 0 Å². The number of rotatable bonds is 2. The van der Waals surface area contributed by atoms with E-state index in [1.807, 2.05) is 0 Å². The number of nitriles is 1. The molecule has 3 rings (SSSR count). The zero-order valence-corrected chi connectivity index (χ0v) is 9.85. The molecule has 1 saturated carbocycles. The molecule has 0 aromatic carbocycles. The number of nitrogens with zero attached hydrogens (tertiary/aromatic N) is 3. The fraction of sp³-hybridized carbons (Fsp3) is 0.308. The van der Waals surface area contributed by atoms with Crippen molar-refractivity contribution in [1.29, 1.82) is 5.26 Å². The first-order chi connectivity index (χ1) is 8.76. The van der Waals surface area contributed by atoms with E-state index in [1.54, 1.807) is 18.3 Å². The number of nitrogens with two attached hydrogens (primary N) is 1. The molecule has 5 nitrogen and oxygen atoms in total. The summed E-state index contributed by atoms with van der Waals surface area (Å²) in [6.07, 6.45) is 5.23. The highest BCUT2D eigenvalue weighted by Crippen LogP contribution is 2.28. The molecular formula is C13H13N5. The zero-order valence-electron chi connectivity index (χ0n) is 9.85. The fourth-order valence-corrected chi connectivity index (χ4v) is 2.08. The van der Waals surface area contributed by atoms with Crippen LogP contribution in [-0.2, 0) is 0 Å². The van der Waals surface area contributed by atoms with Gasteiger partial charge in [-0.15, -0.1) is 0 Å². The first-order valence-corrected chi connectivity index (χ1v) is 5.99. The van der Waals surface area contributed by atoms with Gasteiger partial charge in [-0.2, -0.15) is 5.26 Å². The number of hydrogen-bond donors (Lipinski definition) is 2. The van der Waals surface area contributed by atoms with Crippen LogP contribution in [0.1, 0.15) is 25.0 Å². The van der Waals surface area contributed by atoms with Gasteiger partial charge in [-0.25, -0.2) is 9.97 Å². The minimum absolute atomic E-state index is 0.399. The number of nitrogens with one attached hydrogen (secondary N) is 1. The third-order valence-corrected chi connectivity index (χ3v) is 3.30. The Bertz CT molecular complexity index is 640. The molecule has 90 valence electrons. The summed E-state index contributed by atoms with van der Waals surface area (Å²) >= 11 is 0. The number of fused-ring (bicyclic) bond motifs is 1. The van der Waals surface area contributed by atoms with Crippen molar-refractivity contribution in [3.8, 4) is 6.07 Å². The quantitative estimate of drug-likeness (QED) is 0.837. The number of hydrogen-bond acceptors (Lipinski definition) is 5. The van der Waals surface area contributed by atoms with Crippen LogP contribution in [0, 0.1) is 11.3 Å². The summed E-state index contributed by atoms with van der Waals surface area (Å²) < 4.78 is 0. The van der Waals surface area contributed by atoms with Crippen molar-refractivity contribution in [3.63, 3.8) is 0 Å². The largest absolute Gasteiger partial charge is 0.384 e. The third-order valence-electron chi connectivity index (χ3n) is 3.30. The van der Waals surface area contributed by atoms with Gasteiger partial charge in [0.25, 0.3) is 0 Å². The topological polar surface area (TPSA) is 87.6 Å². The first-order valence-electron chi connectivity index (χ1n) is 5.99. The highest BCUT2D eigenvalue weighted by atomic mass is 15.0. The molecule has 0 aliphatic heterocycles. The van der Waals surface area contributed by atoms with E-state index in [4.69, 9.17) is 11.0 Å². The molecule has 2 aromatic rings. The Morgan fingerprint density at radius 3 is 2.89 bits per heavy atom. The number of pyridine rings is 2. The molecular weight excluding hydrogens is 226 g/mol. The second-order valence-corrected chi connectivity index (χ2v) is 4.57. The summed E-state index contributed by atoms with van der Waals surface area (Å²) in [5.74, 6) is 1.20. The molecule has 0 atom stereocenters. The van der Waals surface area contributed by atoms with Crippen molar-refractivity contribution < 1.29 is 0 Å². The molecule has 1 aliphatic carbocycles. The maximum Gasteiger partial charge on any atom is 0.143 e. The molecule has 3 N–H and O–H groups in total. The molecule has 0 bridgehead atoms. The smallest absolute Gasteiger partial charge is 0.143 e. The van der Waals surface area contributed by atoms with Crippen LogP contribution >= 0.6 is 0 Å². The van der Waals surface area contributed by atoms with Gasteiger partial charge in [0, 0.05) is 23.0 Å². The minimum atomic E-state index is 0.399. The van der Waals surface area contributed by atoms with Gasteiger partial charge >= 0.3 is 0 Å². The number of nitrogen functional groups attached to an aromatic ring is 1. The van der Waals surface area contributed by atoms with Crippen LogP contribution in [0.5, 0.6) is 0 Å². The third kappa shape index (κ3) is 1.82. The summed E-state index contributed by atoms with van der Waals surface area (Å²) in [5, 5.41) is 14.2. The van der Waals surface area contributed by atoms with Crippen LogP contribution in [0.2, 0.25) is 0 Å².